The average molecular weight is 457 g/mol. The van der Waals surface area contributed by atoms with Gasteiger partial charge in [-0.1, -0.05) is 23.8 Å². The van der Waals surface area contributed by atoms with Gasteiger partial charge >= 0.3 is 17.9 Å². The summed E-state index contributed by atoms with van der Waals surface area (Å²) in [6.45, 7) is 3.06. The van der Waals surface area contributed by atoms with Crippen LogP contribution < -0.4 is 10.9 Å². The van der Waals surface area contributed by atoms with Crippen LogP contribution in [0, 0.1) is 0 Å². The minimum Gasteiger partial charge on any atom is -0.507 e. The van der Waals surface area contributed by atoms with E-state index in [-0.39, 0.29) is 30.6 Å². The number of aromatic hydroxyl groups is 1. The number of amides is 1. The second kappa shape index (κ2) is 12.5. The maximum atomic E-state index is 12.5. The first-order valence-corrected chi connectivity index (χ1v) is 9.86. The van der Waals surface area contributed by atoms with Crippen LogP contribution in [0.3, 0.4) is 0 Å². The van der Waals surface area contributed by atoms with Crippen molar-refractivity contribution in [1.29, 1.82) is 0 Å². The maximum Gasteiger partial charge on any atom is 0.408 e. The van der Waals surface area contributed by atoms with E-state index in [9.17, 15) is 32.7 Å². The molecule has 176 valence electrons. The molecular weight excluding hydrogens is 431 g/mol. The molecule has 1 heterocycles. The van der Waals surface area contributed by atoms with Crippen LogP contribution >= 0.6 is 0 Å². The highest BCUT2D eigenvalue weighted by Crippen LogP contribution is 2.24. The molecule has 0 saturated heterocycles. The molecule has 1 rings (SSSR count). The number of hydrogen-bond acceptors (Lipinski definition) is 5. The fourth-order valence-corrected chi connectivity index (χ4v) is 2.66. The largest absolute Gasteiger partial charge is 0.507 e. The number of carboxylic acid groups (broad SMARTS) is 1. The number of aryl methyl sites for hydroxylation is 1. The highest BCUT2D eigenvalue weighted by atomic mass is 19.4. The molecule has 0 radical (unpaired) electrons. The van der Waals surface area contributed by atoms with Crippen LogP contribution in [0.2, 0.25) is 0 Å². The van der Waals surface area contributed by atoms with Gasteiger partial charge in [0, 0.05) is 25.1 Å². The zero-order chi connectivity index (χ0) is 24.3. The Labute approximate surface area is 182 Å². The first-order chi connectivity index (χ1) is 14.9. The molecule has 0 aliphatic rings. The van der Waals surface area contributed by atoms with Crippen LogP contribution in [0.15, 0.2) is 50.9 Å². The van der Waals surface area contributed by atoms with Crippen LogP contribution in [0.25, 0.3) is 0 Å². The molecule has 32 heavy (non-hydrogen) atoms. The van der Waals surface area contributed by atoms with Crippen molar-refractivity contribution >= 4 is 11.9 Å². The lowest BCUT2D eigenvalue weighted by atomic mass is 10.0. The summed E-state index contributed by atoms with van der Waals surface area (Å²) in [5.74, 6) is -1.10. The molecule has 1 aromatic rings. The van der Waals surface area contributed by atoms with Crippen molar-refractivity contribution in [1.82, 2.24) is 5.32 Å². The van der Waals surface area contributed by atoms with E-state index in [0.717, 1.165) is 0 Å². The monoisotopic (exact) mass is 457 g/mol. The number of Topliss-reactive ketones (excluding diaryl/α,β-unsaturated/α-hetero) is 1. The third-order valence-electron chi connectivity index (χ3n) is 4.33. The molecule has 0 aliphatic heterocycles. The van der Waals surface area contributed by atoms with Gasteiger partial charge in [-0.05, 0) is 45.1 Å². The molecule has 0 atom stereocenters. The van der Waals surface area contributed by atoms with Crippen molar-refractivity contribution < 1.29 is 37.4 Å². The maximum absolute atomic E-state index is 12.5. The third kappa shape index (κ3) is 10.1. The first kappa shape index (κ1) is 26.7. The summed E-state index contributed by atoms with van der Waals surface area (Å²) in [7, 11) is 0. The molecule has 0 bridgehead atoms. The van der Waals surface area contributed by atoms with Crippen molar-refractivity contribution in [3.63, 3.8) is 0 Å². The summed E-state index contributed by atoms with van der Waals surface area (Å²) in [6.07, 6.45) is 0.857. The van der Waals surface area contributed by atoms with Crippen molar-refractivity contribution in [2.24, 2.45) is 0 Å². The van der Waals surface area contributed by atoms with E-state index in [0.29, 0.717) is 18.4 Å². The van der Waals surface area contributed by atoms with Crippen LogP contribution in [-0.4, -0.2) is 28.3 Å². The van der Waals surface area contributed by atoms with Crippen LogP contribution in [0.4, 0.5) is 18.0 Å². The Morgan fingerprint density at radius 1 is 1.19 bits per heavy atom. The summed E-state index contributed by atoms with van der Waals surface area (Å²) in [5.41, 5.74) is -0.755. The lowest BCUT2D eigenvalue weighted by Crippen LogP contribution is -2.16. The Hall–Kier alpha value is -3.30. The van der Waals surface area contributed by atoms with Gasteiger partial charge in [-0.3, -0.25) is 10.1 Å². The average Bonchev–Trinajstić information content (AvgIpc) is 2.66. The minimum atomic E-state index is -4.21. The summed E-state index contributed by atoms with van der Waals surface area (Å²) in [6, 6.07) is 1.18. The number of halogens is 3. The Kier molecular flexibility index (Phi) is 10.5. The predicted molar refractivity (Wildman–Crippen MR) is 112 cm³/mol. The molecule has 1 amide bonds. The van der Waals surface area contributed by atoms with Gasteiger partial charge in [0.05, 0.1) is 0 Å². The van der Waals surface area contributed by atoms with Gasteiger partial charge in [0.15, 0.2) is 5.78 Å². The number of ketones is 1. The van der Waals surface area contributed by atoms with Gasteiger partial charge in [0.25, 0.3) is 0 Å². The number of rotatable bonds is 11. The van der Waals surface area contributed by atoms with Crippen LogP contribution in [0.1, 0.15) is 62.1 Å². The number of unbranched alkanes of at least 4 members (excludes halogenated alkanes) is 1. The quantitative estimate of drug-likeness (QED) is 0.181. The predicted octanol–water partition coefficient (Wildman–Crippen LogP) is 5.26. The Morgan fingerprint density at radius 2 is 1.88 bits per heavy atom. The summed E-state index contributed by atoms with van der Waals surface area (Å²) in [4.78, 5) is 35.0. The zero-order valence-corrected chi connectivity index (χ0v) is 17.8. The number of hydrogen-bond donors (Lipinski definition) is 3. The summed E-state index contributed by atoms with van der Waals surface area (Å²) >= 11 is 0. The molecule has 10 heteroatoms. The highest BCUT2D eigenvalue weighted by molar-refractivity contribution is 6.09. The molecule has 0 aliphatic carbocycles. The van der Waals surface area contributed by atoms with Gasteiger partial charge in [-0.25, -0.2) is 9.59 Å². The number of allylic oxidation sites excluding steroid dienone is 5. The van der Waals surface area contributed by atoms with Crippen molar-refractivity contribution in [2.45, 2.75) is 58.5 Å². The Balaban J connectivity index is 2.77. The lowest BCUT2D eigenvalue weighted by Gasteiger charge is -2.06. The van der Waals surface area contributed by atoms with E-state index in [1.165, 1.54) is 31.3 Å². The first-order valence-electron chi connectivity index (χ1n) is 9.86. The fraction of sp³-hybridized carbons (Fsp3) is 0.409. The van der Waals surface area contributed by atoms with Gasteiger partial charge in [0.2, 0.25) is 0 Å². The SMILES string of the molecule is C/C(=C\C=C(/C)C(=O)c1c(O)cc(CCC/C=C/NC(=O)O)oc1=O)CCCC(F)(F)F. The Bertz CT molecular complexity index is 957. The Morgan fingerprint density at radius 3 is 2.47 bits per heavy atom. The van der Waals surface area contributed by atoms with Crippen molar-refractivity contribution in [2.75, 3.05) is 0 Å². The zero-order valence-electron chi connectivity index (χ0n) is 17.8. The second-order valence-electron chi connectivity index (χ2n) is 7.17. The molecule has 0 unspecified atom stereocenters. The van der Waals surface area contributed by atoms with Crippen molar-refractivity contribution in [3.8, 4) is 5.75 Å². The smallest absolute Gasteiger partial charge is 0.408 e. The number of nitrogens with one attached hydrogen (secondary N) is 1. The molecule has 3 N–H and O–H groups in total. The molecular formula is C22H26F3NO6. The molecule has 0 saturated carbocycles. The second-order valence-corrected chi connectivity index (χ2v) is 7.17. The van der Waals surface area contributed by atoms with E-state index in [4.69, 9.17) is 9.52 Å². The van der Waals surface area contributed by atoms with Gasteiger partial charge in [0.1, 0.15) is 17.1 Å². The molecule has 0 spiro atoms. The normalized spacial score (nSPS) is 12.9. The summed E-state index contributed by atoms with van der Waals surface area (Å²) in [5, 5.41) is 20.6. The van der Waals surface area contributed by atoms with Crippen LogP contribution in [-0.2, 0) is 6.42 Å². The standard InChI is InChI=1S/C22H26F3NO6/c1-14(7-6-11-22(23,24)25)9-10-15(2)19(28)18-17(27)13-16(32-20(18)29)8-4-3-5-12-26-21(30)31/h5,9-10,12-13,26-27H,3-4,6-8,11H2,1-2H3,(H,30,31)/b12-5+,14-9+,15-10+. The van der Waals surface area contributed by atoms with E-state index in [2.05, 4.69) is 5.32 Å². The van der Waals surface area contributed by atoms with Gasteiger partial charge in [-0.2, -0.15) is 13.2 Å². The highest BCUT2D eigenvalue weighted by Gasteiger charge is 2.25. The number of carbonyl (C=O) groups excluding carboxylic acids is 1. The van der Waals surface area contributed by atoms with Crippen molar-refractivity contribution in [3.05, 3.63) is 63.4 Å². The fourth-order valence-electron chi connectivity index (χ4n) is 2.66. The summed E-state index contributed by atoms with van der Waals surface area (Å²) < 4.78 is 41.7. The molecule has 7 nitrogen and oxygen atoms in total. The minimum absolute atomic E-state index is 0.0651. The lowest BCUT2D eigenvalue weighted by molar-refractivity contribution is -0.135. The van der Waals surface area contributed by atoms with E-state index >= 15 is 0 Å². The topological polar surface area (TPSA) is 117 Å². The van der Waals surface area contributed by atoms with Crippen LogP contribution in [0.5, 0.6) is 5.75 Å². The van der Waals surface area contributed by atoms with E-state index in [1.54, 1.807) is 13.0 Å². The molecule has 1 aromatic heterocycles. The molecule has 0 fully saturated rings. The van der Waals surface area contributed by atoms with E-state index in [1.807, 2.05) is 0 Å². The number of carbonyl (C=O) groups is 2. The van der Waals surface area contributed by atoms with Gasteiger partial charge < -0.3 is 14.6 Å². The number of alkyl halides is 3. The van der Waals surface area contributed by atoms with E-state index < -0.39 is 41.4 Å². The molecule has 0 aromatic carbocycles. The third-order valence-corrected chi connectivity index (χ3v) is 4.33. The van der Waals surface area contributed by atoms with Gasteiger partial charge in [-0.15, -0.1) is 0 Å².